The van der Waals surface area contributed by atoms with Gasteiger partial charge in [-0.15, -0.1) is 0 Å². The van der Waals surface area contributed by atoms with Crippen LogP contribution in [0.3, 0.4) is 0 Å². The van der Waals surface area contributed by atoms with Gasteiger partial charge in [0, 0.05) is 18.1 Å². The van der Waals surface area contributed by atoms with Gasteiger partial charge in [0.15, 0.2) is 5.75 Å². The van der Waals surface area contributed by atoms with Gasteiger partial charge in [-0.3, -0.25) is 4.68 Å². The molecule has 1 aromatic heterocycles. The molecule has 0 saturated carbocycles. The summed E-state index contributed by atoms with van der Waals surface area (Å²) in [4.78, 5) is 0. The number of aromatic nitrogens is 2. The number of hydrogen-bond acceptors (Lipinski definition) is 3. The molecule has 1 rings (SSSR count). The van der Waals surface area contributed by atoms with Crippen LogP contribution in [0.2, 0.25) is 0 Å². The topological polar surface area (TPSA) is 39.1 Å². The Morgan fingerprint density at radius 2 is 2.06 bits per heavy atom. The summed E-state index contributed by atoms with van der Waals surface area (Å²) in [6.07, 6.45) is 4.93. The van der Waals surface area contributed by atoms with E-state index in [2.05, 4.69) is 52.0 Å². The van der Waals surface area contributed by atoms with Crippen LogP contribution in [-0.2, 0) is 0 Å². The molecule has 18 heavy (non-hydrogen) atoms. The van der Waals surface area contributed by atoms with Gasteiger partial charge >= 0.3 is 0 Å². The lowest BCUT2D eigenvalue weighted by atomic mass is 10.1. The normalized spacial score (nSPS) is 13.9. The van der Waals surface area contributed by atoms with Crippen LogP contribution < -0.4 is 10.1 Å². The Morgan fingerprint density at radius 1 is 1.39 bits per heavy atom. The largest absolute Gasteiger partial charge is 0.486 e. The van der Waals surface area contributed by atoms with Gasteiger partial charge in [0.05, 0.1) is 12.4 Å². The van der Waals surface area contributed by atoms with Crippen molar-refractivity contribution in [2.24, 2.45) is 0 Å². The second-order valence-corrected chi connectivity index (χ2v) is 6.03. The number of nitrogens with zero attached hydrogens (tertiary/aromatic N) is 2. The minimum Gasteiger partial charge on any atom is -0.486 e. The van der Waals surface area contributed by atoms with Crippen molar-refractivity contribution >= 4 is 0 Å². The Balaban J connectivity index is 2.51. The summed E-state index contributed by atoms with van der Waals surface area (Å²) in [5.41, 5.74) is 0.124. The molecule has 0 aliphatic heterocycles. The number of hydrogen-bond donors (Lipinski definition) is 1. The van der Waals surface area contributed by atoms with Gasteiger partial charge in [0.25, 0.3) is 0 Å². The fourth-order valence-corrected chi connectivity index (χ4v) is 1.55. The predicted octanol–water partition coefficient (Wildman–Crippen LogP) is 3.01. The molecule has 0 aliphatic carbocycles. The van der Waals surface area contributed by atoms with E-state index >= 15 is 0 Å². The molecule has 1 heterocycles. The van der Waals surface area contributed by atoms with Crippen molar-refractivity contribution < 1.29 is 4.74 Å². The molecule has 4 heteroatoms. The van der Waals surface area contributed by atoms with Crippen LogP contribution in [0.4, 0.5) is 0 Å². The number of nitrogens with one attached hydrogen (secondary N) is 1. The standard InChI is InChI=1S/C14H27N3O/c1-7-12(8-15-14(4,5)6)18-13-9-16-17(10-13)11(2)3/h9-12,15H,7-8H2,1-6H3. The average molecular weight is 253 g/mol. The lowest BCUT2D eigenvalue weighted by Crippen LogP contribution is -2.42. The quantitative estimate of drug-likeness (QED) is 0.847. The van der Waals surface area contributed by atoms with Crippen molar-refractivity contribution in [1.29, 1.82) is 0 Å². The Bertz CT molecular complexity index is 352. The predicted molar refractivity (Wildman–Crippen MR) is 75.1 cm³/mol. The number of ether oxygens (including phenoxy) is 1. The van der Waals surface area contributed by atoms with E-state index in [1.165, 1.54) is 0 Å². The first-order valence-corrected chi connectivity index (χ1v) is 6.77. The molecular formula is C14H27N3O. The Morgan fingerprint density at radius 3 is 2.50 bits per heavy atom. The zero-order valence-electron chi connectivity index (χ0n) is 12.5. The van der Waals surface area contributed by atoms with Crippen LogP contribution in [0.5, 0.6) is 5.75 Å². The third-order valence-electron chi connectivity index (χ3n) is 2.73. The summed E-state index contributed by atoms with van der Waals surface area (Å²) in [5.74, 6) is 0.853. The molecule has 1 atom stereocenters. The lowest BCUT2D eigenvalue weighted by Gasteiger charge is -2.24. The van der Waals surface area contributed by atoms with Crippen LogP contribution in [0.15, 0.2) is 12.4 Å². The van der Waals surface area contributed by atoms with Crippen LogP contribution in [0.1, 0.15) is 54.0 Å². The lowest BCUT2D eigenvalue weighted by molar-refractivity contribution is 0.181. The van der Waals surface area contributed by atoms with Crippen LogP contribution >= 0.6 is 0 Å². The molecular weight excluding hydrogens is 226 g/mol. The molecule has 0 amide bonds. The molecule has 0 aliphatic rings. The van der Waals surface area contributed by atoms with Gasteiger partial charge in [-0.1, -0.05) is 6.92 Å². The monoisotopic (exact) mass is 253 g/mol. The molecule has 0 radical (unpaired) electrons. The highest BCUT2D eigenvalue weighted by Gasteiger charge is 2.15. The first kappa shape index (κ1) is 15.0. The zero-order chi connectivity index (χ0) is 13.8. The van der Waals surface area contributed by atoms with E-state index in [9.17, 15) is 0 Å². The third-order valence-corrected chi connectivity index (χ3v) is 2.73. The first-order chi connectivity index (χ1) is 8.31. The van der Waals surface area contributed by atoms with Crippen LogP contribution in [0, 0.1) is 0 Å². The maximum Gasteiger partial charge on any atom is 0.157 e. The zero-order valence-corrected chi connectivity index (χ0v) is 12.5. The molecule has 1 N–H and O–H groups in total. The van der Waals surface area contributed by atoms with E-state index in [1.807, 2.05) is 10.9 Å². The molecule has 0 saturated heterocycles. The minimum atomic E-state index is 0.124. The Hall–Kier alpha value is -1.03. The molecule has 0 aromatic carbocycles. The van der Waals surface area contributed by atoms with E-state index in [4.69, 9.17) is 4.74 Å². The smallest absolute Gasteiger partial charge is 0.157 e. The summed E-state index contributed by atoms with van der Waals surface area (Å²) >= 11 is 0. The van der Waals surface area contributed by atoms with E-state index in [-0.39, 0.29) is 11.6 Å². The van der Waals surface area contributed by atoms with Crippen LogP contribution in [-0.4, -0.2) is 28.0 Å². The highest BCUT2D eigenvalue weighted by molar-refractivity contribution is 5.12. The molecule has 104 valence electrons. The van der Waals surface area contributed by atoms with Gasteiger partial charge in [-0.2, -0.15) is 5.10 Å². The fraction of sp³-hybridized carbons (Fsp3) is 0.786. The van der Waals surface area contributed by atoms with Crippen molar-refractivity contribution in [3.63, 3.8) is 0 Å². The van der Waals surface area contributed by atoms with Crippen LogP contribution in [0.25, 0.3) is 0 Å². The van der Waals surface area contributed by atoms with Crippen molar-refractivity contribution in [2.75, 3.05) is 6.54 Å². The highest BCUT2D eigenvalue weighted by Crippen LogP contribution is 2.15. The van der Waals surface area contributed by atoms with Crippen molar-refractivity contribution in [3.8, 4) is 5.75 Å². The summed E-state index contributed by atoms with van der Waals surface area (Å²) in [5, 5.41) is 7.75. The Labute approximate surface area is 111 Å². The van der Waals surface area contributed by atoms with Gasteiger partial charge in [-0.25, -0.2) is 0 Å². The summed E-state index contributed by atoms with van der Waals surface area (Å²) < 4.78 is 7.86. The maximum atomic E-state index is 5.94. The second-order valence-electron chi connectivity index (χ2n) is 6.03. The number of rotatable bonds is 6. The summed E-state index contributed by atoms with van der Waals surface area (Å²) in [7, 11) is 0. The molecule has 0 fully saturated rings. The van der Waals surface area contributed by atoms with E-state index < -0.39 is 0 Å². The maximum absolute atomic E-state index is 5.94. The van der Waals surface area contributed by atoms with E-state index in [0.29, 0.717) is 6.04 Å². The third kappa shape index (κ3) is 5.08. The summed E-state index contributed by atoms with van der Waals surface area (Å²) in [6, 6.07) is 0.370. The van der Waals surface area contributed by atoms with Gasteiger partial charge in [0.2, 0.25) is 0 Å². The SMILES string of the molecule is CCC(CNC(C)(C)C)Oc1cnn(C(C)C)c1. The average Bonchev–Trinajstić information content (AvgIpc) is 2.71. The molecule has 4 nitrogen and oxygen atoms in total. The summed E-state index contributed by atoms with van der Waals surface area (Å²) in [6.45, 7) is 13.7. The van der Waals surface area contributed by atoms with Crippen molar-refractivity contribution in [3.05, 3.63) is 12.4 Å². The molecule has 0 spiro atoms. The second kappa shape index (κ2) is 6.23. The minimum absolute atomic E-state index is 0.124. The first-order valence-electron chi connectivity index (χ1n) is 6.77. The van der Waals surface area contributed by atoms with Gasteiger partial charge in [0.1, 0.15) is 6.10 Å². The molecule has 0 bridgehead atoms. The van der Waals surface area contributed by atoms with Gasteiger partial charge < -0.3 is 10.1 Å². The molecule has 1 unspecified atom stereocenters. The highest BCUT2D eigenvalue weighted by atomic mass is 16.5. The fourth-order valence-electron chi connectivity index (χ4n) is 1.55. The van der Waals surface area contributed by atoms with Crippen molar-refractivity contribution in [1.82, 2.24) is 15.1 Å². The Kier molecular flexibility index (Phi) is 5.20. The van der Waals surface area contributed by atoms with E-state index in [1.54, 1.807) is 6.20 Å². The van der Waals surface area contributed by atoms with Gasteiger partial charge in [-0.05, 0) is 41.0 Å². The van der Waals surface area contributed by atoms with E-state index in [0.717, 1.165) is 18.7 Å². The molecule has 1 aromatic rings. The van der Waals surface area contributed by atoms with Crippen molar-refractivity contribution in [2.45, 2.75) is 65.6 Å².